The van der Waals surface area contributed by atoms with Gasteiger partial charge in [0.25, 0.3) is 0 Å². The van der Waals surface area contributed by atoms with Gasteiger partial charge in [0.1, 0.15) is 0 Å². The van der Waals surface area contributed by atoms with Crippen LogP contribution in [0.5, 0.6) is 0 Å². The molecule has 0 N–H and O–H groups in total. The first kappa shape index (κ1) is 26.0. The predicted octanol–water partition coefficient (Wildman–Crippen LogP) is 4.08. The number of ether oxygens (including phenoxy) is 1. The monoisotopic (exact) mass is 478 g/mol. The number of morpholine rings is 1. The maximum absolute atomic E-state index is 12.8. The number of benzene rings is 1. The summed E-state index contributed by atoms with van der Waals surface area (Å²) >= 11 is 0. The smallest absolute Gasteiger partial charge is 0.226 e. The molecule has 33 heavy (non-hydrogen) atoms. The van der Waals surface area contributed by atoms with Crippen LogP contribution in [0.2, 0.25) is 0 Å². The van der Waals surface area contributed by atoms with Crippen LogP contribution in [-0.4, -0.2) is 68.1 Å². The van der Waals surface area contributed by atoms with Crippen LogP contribution in [0.1, 0.15) is 65.9 Å². The van der Waals surface area contributed by atoms with Gasteiger partial charge in [0.15, 0.2) is 9.84 Å². The second-order valence-corrected chi connectivity index (χ2v) is 13.5. The van der Waals surface area contributed by atoms with Crippen molar-refractivity contribution in [2.24, 2.45) is 5.92 Å². The van der Waals surface area contributed by atoms with E-state index in [1.165, 1.54) is 5.69 Å². The van der Waals surface area contributed by atoms with Gasteiger partial charge in [-0.3, -0.25) is 4.79 Å². The van der Waals surface area contributed by atoms with Gasteiger partial charge < -0.3 is 14.5 Å². The lowest BCUT2D eigenvalue weighted by atomic mass is 9.94. The number of nitrogens with zero attached hydrogens (tertiary/aromatic N) is 2. The largest absolute Gasteiger partial charge is 0.371 e. The Morgan fingerprint density at radius 2 is 1.67 bits per heavy atom. The van der Waals surface area contributed by atoms with Crippen molar-refractivity contribution in [3.8, 4) is 0 Å². The normalized spacial score (nSPS) is 20.2. The number of sulfone groups is 1. The summed E-state index contributed by atoms with van der Waals surface area (Å²) in [7, 11) is -3.12. The summed E-state index contributed by atoms with van der Waals surface area (Å²) < 4.78 is 30.4. The van der Waals surface area contributed by atoms with Gasteiger partial charge in [-0.15, -0.1) is 0 Å². The fourth-order valence-electron chi connectivity index (χ4n) is 4.76. The molecule has 0 saturated carbocycles. The summed E-state index contributed by atoms with van der Waals surface area (Å²) in [6, 6.07) is 8.36. The van der Waals surface area contributed by atoms with Crippen molar-refractivity contribution in [2.75, 3.05) is 43.4 Å². The van der Waals surface area contributed by atoms with E-state index in [2.05, 4.69) is 43.0 Å². The van der Waals surface area contributed by atoms with Crippen LogP contribution in [0.25, 0.3) is 0 Å². The quantitative estimate of drug-likeness (QED) is 0.591. The second kappa shape index (κ2) is 10.3. The average Bonchev–Trinajstić information content (AvgIpc) is 2.79. The molecule has 0 bridgehead atoms. The van der Waals surface area contributed by atoms with E-state index in [1.54, 1.807) is 20.8 Å². The zero-order chi connectivity index (χ0) is 24.3. The first-order valence-corrected chi connectivity index (χ1v) is 14.1. The van der Waals surface area contributed by atoms with Crippen molar-refractivity contribution in [2.45, 2.75) is 77.1 Å². The molecule has 0 aliphatic carbocycles. The highest BCUT2D eigenvalue weighted by molar-refractivity contribution is 7.92. The van der Waals surface area contributed by atoms with Crippen LogP contribution in [0.4, 0.5) is 5.69 Å². The van der Waals surface area contributed by atoms with Gasteiger partial charge in [-0.05, 0) is 70.1 Å². The number of hydrogen-bond acceptors (Lipinski definition) is 5. The molecule has 7 heteroatoms. The maximum Gasteiger partial charge on any atom is 0.226 e. The minimum absolute atomic E-state index is 0.0643. The summed E-state index contributed by atoms with van der Waals surface area (Å²) in [6.45, 7) is 13.5. The molecule has 1 amide bonds. The van der Waals surface area contributed by atoms with Crippen molar-refractivity contribution >= 4 is 21.4 Å². The molecule has 6 nitrogen and oxygen atoms in total. The van der Waals surface area contributed by atoms with Gasteiger partial charge in [-0.25, -0.2) is 8.42 Å². The Hall–Kier alpha value is -1.60. The molecular formula is C26H42N2O4S. The van der Waals surface area contributed by atoms with E-state index in [0.29, 0.717) is 19.5 Å². The minimum atomic E-state index is -3.12. The van der Waals surface area contributed by atoms with Gasteiger partial charge in [0.2, 0.25) is 5.91 Å². The van der Waals surface area contributed by atoms with Crippen molar-refractivity contribution in [1.82, 2.24) is 4.90 Å². The molecule has 0 atom stereocenters. The number of hydrogen-bond donors (Lipinski definition) is 0. The van der Waals surface area contributed by atoms with E-state index in [0.717, 1.165) is 50.9 Å². The van der Waals surface area contributed by atoms with E-state index in [-0.39, 0.29) is 23.2 Å². The molecule has 2 fully saturated rings. The number of piperidine rings is 1. The van der Waals surface area contributed by atoms with Crippen LogP contribution in [0.3, 0.4) is 0 Å². The topological polar surface area (TPSA) is 66.9 Å². The maximum atomic E-state index is 12.8. The molecule has 0 aromatic heterocycles. The number of likely N-dealkylation sites (tertiary alicyclic amines) is 1. The van der Waals surface area contributed by atoms with Crippen LogP contribution in [-0.2, 0) is 25.8 Å². The summed E-state index contributed by atoms with van der Waals surface area (Å²) in [6.07, 6.45) is 3.92. The number of rotatable bonds is 7. The van der Waals surface area contributed by atoms with Crippen LogP contribution < -0.4 is 4.90 Å². The lowest BCUT2D eigenvalue weighted by Crippen LogP contribution is -2.51. The summed E-state index contributed by atoms with van der Waals surface area (Å²) in [5.74, 6) is 0.491. The van der Waals surface area contributed by atoms with E-state index in [4.69, 9.17) is 4.74 Å². The molecule has 0 radical (unpaired) electrons. The zero-order valence-electron chi connectivity index (χ0n) is 21.1. The Morgan fingerprint density at radius 1 is 1.06 bits per heavy atom. The highest BCUT2D eigenvalue weighted by atomic mass is 32.2. The Balaban J connectivity index is 1.51. The number of carbonyl (C=O) groups is 1. The molecule has 0 unspecified atom stereocenters. The van der Waals surface area contributed by atoms with Gasteiger partial charge in [-0.1, -0.05) is 26.0 Å². The summed E-state index contributed by atoms with van der Waals surface area (Å²) in [5, 5.41) is 0. The molecule has 2 aliphatic heterocycles. The van der Waals surface area contributed by atoms with Gasteiger partial charge in [-0.2, -0.15) is 0 Å². The second-order valence-electron chi connectivity index (χ2n) is 10.7. The molecular weight excluding hydrogens is 436 g/mol. The number of amides is 1. The first-order valence-electron chi connectivity index (χ1n) is 12.5. The predicted molar refractivity (Wildman–Crippen MR) is 134 cm³/mol. The third kappa shape index (κ3) is 6.30. The van der Waals surface area contributed by atoms with Crippen LogP contribution >= 0.6 is 0 Å². The Kier molecular flexibility index (Phi) is 8.15. The lowest BCUT2D eigenvalue weighted by Gasteiger charge is -2.43. The zero-order valence-corrected chi connectivity index (χ0v) is 21.9. The van der Waals surface area contributed by atoms with Crippen molar-refractivity contribution in [3.63, 3.8) is 0 Å². The molecule has 2 aliphatic rings. The first-order chi connectivity index (χ1) is 15.5. The van der Waals surface area contributed by atoms with E-state index in [9.17, 15) is 13.2 Å². The Labute approximate surface area is 200 Å². The minimum Gasteiger partial charge on any atom is -0.371 e. The van der Waals surface area contributed by atoms with E-state index >= 15 is 0 Å². The third-order valence-corrected chi connectivity index (χ3v) is 10.3. The molecule has 1 aromatic carbocycles. The Morgan fingerprint density at radius 3 is 2.21 bits per heavy atom. The molecule has 2 saturated heterocycles. The van der Waals surface area contributed by atoms with E-state index < -0.39 is 14.6 Å². The highest BCUT2D eigenvalue weighted by Gasteiger charge is 2.34. The lowest BCUT2D eigenvalue weighted by molar-refractivity contribution is -0.131. The number of anilines is 1. The highest BCUT2D eigenvalue weighted by Crippen LogP contribution is 2.29. The van der Waals surface area contributed by atoms with Crippen LogP contribution in [0.15, 0.2) is 24.3 Å². The molecule has 186 valence electrons. The van der Waals surface area contributed by atoms with Gasteiger partial charge in [0.05, 0.1) is 29.1 Å². The van der Waals surface area contributed by atoms with Crippen molar-refractivity contribution < 1.29 is 17.9 Å². The fraction of sp³-hybridized carbons (Fsp3) is 0.731. The molecule has 3 rings (SSSR count). The molecule has 2 heterocycles. The SMILES string of the molecule is CCC1(CC)CN(c2ccc(CC(=O)N3CCC(CS(=O)(=O)C(C)(C)C)CC3)cc2)CCO1. The van der Waals surface area contributed by atoms with Gasteiger partial charge >= 0.3 is 0 Å². The average molecular weight is 479 g/mol. The van der Waals surface area contributed by atoms with Crippen molar-refractivity contribution in [1.29, 1.82) is 0 Å². The standard InChI is InChI=1S/C26H42N2O4S/c1-6-26(7-2)20-28(16-17-32-26)23-10-8-21(9-11-23)18-24(29)27-14-12-22(13-15-27)19-33(30,31)25(3,4)5/h8-11,22H,6-7,12-20H2,1-5H3. The molecule has 1 aromatic rings. The van der Waals surface area contributed by atoms with Crippen molar-refractivity contribution in [3.05, 3.63) is 29.8 Å². The fourth-order valence-corrected chi connectivity index (χ4v) is 6.22. The van der Waals surface area contributed by atoms with Crippen LogP contribution in [0, 0.1) is 5.92 Å². The molecule has 0 spiro atoms. The van der Waals surface area contributed by atoms with E-state index in [1.807, 2.05) is 4.90 Å². The number of carbonyl (C=O) groups excluding carboxylic acids is 1. The Bertz CT molecular complexity index is 893. The van der Waals surface area contributed by atoms with Gasteiger partial charge in [0, 0.05) is 31.9 Å². The summed E-state index contributed by atoms with van der Waals surface area (Å²) in [4.78, 5) is 17.1. The third-order valence-electron chi connectivity index (χ3n) is 7.55. The summed E-state index contributed by atoms with van der Waals surface area (Å²) in [5.41, 5.74) is 2.14.